The van der Waals surface area contributed by atoms with Crippen LogP contribution in [0.4, 0.5) is 11.6 Å². The predicted molar refractivity (Wildman–Crippen MR) is 87.0 cm³/mol. The second-order valence-corrected chi connectivity index (χ2v) is 5.69. The molecule has 1 saturated carbocycles. The van der Waals surface area contributed by atoms with Crippen molar-refractivity contribution >= 4 is 11.6 Å². The van der Waals surface area contributed by atoms with E-state index in [9.17, 15) is 0 Å². The van der Waals surface area contributed by atoms with Gasteiger partial charge >= 0.3 is 0 Å². The van der Waals surface area contributed by atoms with Crippen LogP contribution in [0.2, 0.25) is 0 Å². The highest BCUT2D eigenvalue weighted by atomic mass is 16.5. The van der Waals surface area contributed by atoms with Gasteiger partial charge in [0.2, 0.25) is 5.75 Å². The molecule has 1 aliphatic carbocycles. The number of methoxy groups -OCH3 is 1. The standard InChI is InChI=1S/C16H28N4O/c1-4-13(12-9-7-6-8-10-12)20-16-14(21-3)15(17-5-2)18-11-19-16/h11-13H,4-10H2,1-3H3,(H2,17,18,19,20). The first kappa shape index (κ1) is 15.9. The average molecular weight is 292 g/mol. The number of nitrogens with zero attached hydrogens (tertiary/aromatic N) is 2. The van der Waals surface area contributed by atoms with Crippen molar-refractivity contribution in [2.24, 2.45) is 5.92 Å². The zero-order valence-corrected chi connectivity index (χ0v) is 13.5. The number of ether oxygens (including phenoxy) is 1. The van der Waals surface area contributed by atoms with Crippen molar-refractivity contribution in [1.82, 2.24) is 9.97 Å². The first-order valence-corrected chi connectivity index (χ1v) is 8.19. The van der Waals surface area contributed by atoms with Crippen LogP contribution in [-0.4, -0.2) is 29.7 Å². The lowest BCUT2D eigenvalue weighted by Gasteiger charge is -2.31. The fraction of sp³-hybridized carbons (Fsp3) is 0.750. The highest BCUT2D eigenvalue weighted by molar-refractivity contribution is 5.63. The number of aromatic nitrogens is 2. The smallest absolute Gasteiger partial charge is 0.204 e. The normalized spacial score (nSPS) is 17.3. The lowest BCUT2D eigenvalue weighted by Crippen LogP contribution is -2.30. The van der Waals surface area contributed by atoms with E-state index in [4.69, 9.17) is 4.74 Å². The molecule has 118 valence electrons. The van der Waals surface area contributed by atoms with Crippen molar-refractivity contribution in [3.63, 3.8) is 0 Å². The van der Waals surface area contributed by atoms with Crippen molar-refractivity contribution in [1.29, 1.82) is 0 Å². The Bertz CT molecular complexity index is 432. The summed E-state index contributed by atoms with van der Waals surface area (Å²) in [6.07, 6.45) is 9.43. The lowest BCUT2D eigenvalue weighted by atomic mass is 9.83. The van der Waals surface area contributed by atoms with Gasteiger partial charge in [-0.05, 0) is 32.1 Å². The zero-order chi connectivity index (χ0) is 15.1. The van der Waals surface area contributed by atoms with E-state index >= 15 is 0 Å². The number of hydrogen-bond donors (Lipinski definition) is 2. The van der Waals surface area contributed by atoms with Crippen molar-refractivity contribution < 1.29 is 4.74 Å². The van der Waals surface area contributed by atoms with E-state index in [0.717, 1.165) is 30.5 Å². The Kier molecular flexibility index (Phi) is 6.08. The van der Waals surface area contributed by atoms with Crippen LogP contribution in [-0.2, 0) is 0 Å². The number of nitrogens with one attached hydrogen (secondary N) is 2. The average Bonchev–Trinajstić information content (AvgIpc) is 2.54. The molecule has 5 heteroatoms. The fourth-order valence-electron chi connectivity index (χ4n) is 3.23. The third-order valence-corrected chi connectivity index (χ3v) is 4.33. The maximum absolute atomic E-state index is 5.51. The SMILES string of the molecule is CCNc1ncnc(NC(CC)C2CCCCC2)c1OC. The van der Waals surface area contributed by atoms with E-state index in [0.29, 0.717) is 11.8 Å². The van der Waals surface area contributed by atoms with Crippen molar-refractivity contribution in [3.8, 4) is 5.75 Å². The molecule has 2 rings (SSSR count). The molecule has 1 heterocycles. The maximum Gasteiger partial charge on any atom is 0.204 e. The molecule has 0 bridgehead atoms. The minimum atomic E-state index is 0.462. The van der Waals surface area contributed by atoms with Crippen molar-refractivity contribution in [2.75, 3.05) is 24.3 Å². The topological polar surface area (TPSA) is 59.1 Å². The van der Waals surface area contributed by atoms with Gasteiger partial charge in [0, 0.05) is 12.6 Å². The second kappa shape index (κ2) is 8.05. The zero-order valence-electron chi connectivity index (χ0n) is 13.5. The number of anilines is 2. The molecule has 0 spiro atoms. The van der Waals surface area contributed by atoms with Gasteiger partial charge in [0.25, 0.3) is 0 Å². The van der Waals surface area contributed by atoms with Crippen LogP contribution < -0.4 is 15.4 Å². The summed E-state index contributed by atoms with van der Waals surface area (Å²) in [6.45, 7) is 5.10. The van der Waals surface area contributed by atoms with Crippen LogP contribution in [0.25, 0.3) is 0 Å². The highest BCUT2D eigenvalue weighted by Crippen LogP contribution is 2.33. The summed E-state index contributed by atoms with van der Waals surface area (Å²) in [5.74, 6) is 3.02. The monoisotopic (exact) mass is 292 g/mol. The molecule has 0 aliphatic heterocycles. The Hall–Kier alpha value is -1.52. The molecule has 21 heavy (non-hydrogen) atoms. The van der Waals surface area contributed by atoms with E-state index in [1.54, 1.807) is 13.4 Å². The van der Waals surface area contributed by atoms with E-state index < -0.39 is 0 Å². The molecule has 1 aromatic rings. The first-order chi connectivity index (χ1) is 10.3. The minimum absolute atomic E-state index is 0.462. The number of rotatable bonds is 7. The molecule has 1 aromatic heterocycles. The van der Waals surface area contributed by atoms with Gasteiger partial charge in [-0.2, -0.15) is 0 Å². The van der Waals surface area contributed by atoms with Gasteiger partial charge in [0.15, 0.2) is 11.6 Å². The lowest BCUT2D eigenvalue weighted by molar-refractivity contribution is 0.311. The third-order valence-electron chi connectivity index (χ3n) is 4.33. The Morgan fingerprint density at radius 1 is 1.19 bits per heavy atom. The third kappa shape index (κ3) is 3.99. The van der Waals surface area contributed by atoms with Gasteiger partial charge in [0.1, 0.15) is 6.33 Å². The van der Waals surface area contributed by atoms with Gasteiger partial charge in [-0.25, -0.2) is 9.97 Å². The van der Waals surface area contributed by atoms with Gasteiger partial charge in [-0.1, -0.05) is 26.2 Å². The Morgan fingerprint density at radius 2 is 1.90 bits per heavy atom. The summed E-state index contributed by atoms with van der Waals surface area (Å²) in [4.78, 5) is 8.65. The molecule has 0 saturated heterocycles. The molecular weight excluding hydrogens is 264 g/mol. The van der Waals surface area contributed by atoms with Gasteiger partial charge in [0.05, 0.1) is 7.11 Å². The molecule has 0 aromatic carbocycles. The van der Waals surface area contributed by atoms with Crippen molar-refractivity contribution in [3.05, 3.63) is 6.33 Å². The fourth-order valence-corrected chi connectivity index (χ4v) is 3.23. The maximum atomic E-state index is 5.51. The quantitative estimate of drug-likeness (QED) is 0.802. The minimum Gasteiger partial charge on any atom is -0.490 e. The molecule has 1 unspecified atom stereocenters. The van der Waals surface area contributed by atoms with Gasteiger partial charge in [-0.3, -0.25) is 0 Å². The van der Waals surface area contributed by atoms with Crippen LogP contribution in [0.15, 0.2) is 6.33 Å². The highest BCUT2D eigenvalue weighted by Gasteiger charge is 2.24. The molecular formula is C16H28N4O. The Balaban J connectivity index is 2.14. The molecule has 5 nitrogen and oxygen atoms in total. The van der Waals surface area contributed by atoms with Crippen LogP contribution in [0.3, 0.4) is 0 Å². The molecule has 0 amide bonds. The Morgan fingerprint density at radius 3 is 2.52 bits per heavy atom. The summed E-state index contributed by atoms with van der Waals surface area (Å²) >= 11 is 0. The summed E-state index contributed by atoms with van der Waals surface area (Å²) in [7, 11) is 1.67. The van der Waals surface area contributed by atoms with Crippen LogP contribution in [0.5, 0.6) is 5.75 Å². The van der Waals surface area contributed by atoms with E-state index in [-0.39, 0.29) is 0 Å². The summed E-state index contributed by atoms with van der Waals surface area (Å²) in [5.41, 5.74) is 0. The van der Waals surface area contributed by atoms with E-state index in [1.165, 1.54) is 32.1 Å². The van der Waals surface area contributed by atoms with Gasteiger partial charge in [-0.15, -0.1) is 0 Å². The van der Waals surface area contributed by atoms with E-state index in [1.807, 2.05) is 6.92 Å². The second-order valence-electron chi connectivity index (χ2n) is 5.69. The summed E-state index contributed by atoms with van der Waals surface area (Å²) in [6, 6.07) is 0.462. The molecule has 1 aliphatic rings. The van der Waals surface area contributed by atoms with Crippen molar-refractivity contribution in [2.45, 2.75) is 58.4 Å². The largest absolute Gasteiger partial charge is 0.490 e. The van der Waals surface area contributed by atoms with Gasteiger partial charge < -0.3 is 15.4 Å². The summed E-state index contributed by atoms with van der Waals surface area (Å²) < 4.78 is 5.51. The predicted octanol–water partition coefficient (Wildman–Crippen LogP) is 3.69. The molecule has 1 fully saturated rings. The van der Waals surface area contributed by atoms with Crippen LogP contribution in [0.1, 0.15) is 52.4 Å². The van der Waals surface area contributed by atoms with E-state index in [2.05, 4.69) is 27.5 Å². The molecule has 0 radical (unpaired) electrons. The first-order valence-electron chi connectivity index (χ1n) is 8.19. The molecule has 1 atom stereocenters. The number of hydrogen-bond acceptors (Lipinski definition) is 5. The molecule has 2 N–H and O–H groups in total. The Labute approximate surface area is 127 Å². The summed E-state index contributed by atoms with van der Waals surface area (Å²) in [5, 5.41) is 6.82. The van der Waals surface area contributed by atoms with Crippen LogP contribution in [0, 0.1) is 5.92 Å². The van der Waals surface area contributed by atoms with Crippen LogP contribution >= 0.6 is 0 Å².